The Morgan fingerprint density at radius 3 is 3.14 bits per heavy atom. The van der Waals surface area contributed by atoms with E-state index in [2.05, 4.69) is 16.6 Å². The Labute approximate surface area is 87.2 Å². The zero-order valence-electron chi connectivity index (χ0n) is 7.87. The van der Waals surface area contributed by atoms with Crippen molar-refractivity contribution in [1.29, 1.82) is 0 Å². The number of amides is 2. The molecule has 5 heteroatoms. The maximum absolute atomic E-state index is 11.5. The van der Waals surface area contributed by atoms with E-state index >= 15 is 0 Å². The van der Waals surface area contributed by atoms with Crippen LogP contribution in [0.25, 0.3) is 0 Å². The summed E-state index contributed by atoms with van der Waals surface area (Å²) in [7, 11) is 0. The minimum atomic E-state index is -0.410. The molecule has 2 atom stereocenters. The largest absolute Gasteiger partial charge is 0.351 e. The van der Waals surface area contributed by atoms with Gasteiger partial charge in [-0.3, -0.25) is 9.59 Å². The molecular formula is C9H12N2O2S. The highest BCUT2D eigenvalue weighted by atomic mass is 32.2. The van der Waals surface area contributed by atoms with Gasteiger partial charge in [-0.2, -0.15) is 0 Å². The van der Waals surface area contributed by atoms with Gasteiger partial charge in [0.15, 0.2) is 0 Å². The Kier molecular flexibility index (Phi) is 3.84. The molecule has 0 spiro atoms. The smallest absolute Gasteiger partial charge is 0.279 e. The Bertz CT molecular complexity index is 285. The lowest BCUT2D eigenvalue weighted by atomic mass is 10.2. The second-order valence-electron chi connectivity index (χ2n) is 3.11. The molecule has 14 heavy (non-hydrogen) atoms. The summed E-state index contributed by atoms with van der Waals surface area (Å²) in [6, 6.07) is -0.456. The van der Waals surface area contributed by atoms with E-state index in [9.17, 15) is 9.59 Å². The van der Waals surface area contributed by atoms with Gasteiger partial charge in [-0.05, 0) is 6.92 Å². The third kappa shape index (κ3) is 2.96. The average molecular weight is 212 g/mol. The minimum absolute atomic E-state index is 0.0463. The van der Waals surface area contributed by atoms with Gasteiger partial charge in [0.2, 0.25) is 5.91 Å². The SMILES string of the molecule is C#CCC(C)NC(=O)C1CSC(=O)N1. The van der Waals surface area contributed by atoms with Crippen LogP contribution in [0.3, 0.4) is 0 Å². The summed E-state index contributed by atoms with van der Waals surface area (Å²) in [5.74, 6) is 2.80. The van der Waals surface area contributed by atoms with E-state index in [1.807, 2.05) is 6.92 Å². The quantitative estimate of drug-likeness (QED) is 0.663. The first-order valence-electron chi connectivity index (χ1n) is 4.30. The van der Waals surface area contributed by atoms with Gasteiger partial charge in [-0.1, -0.05) is 11.8 Å². The predicted molar refractivity (Wildman–Crippen MR) is 55.8 cm³/mol. The first kappa shape index (κ1) is 10.9. The van der Waals surface area contributed by atoms with Gasteiger partial charge in [0.25, 0.3) is 5.24 Å². The number of thioether (sulfide) groups is 1. The van der Waals surface area contributed by atoms with E-state index < -0.39 is 6.04 Å². The van der Waals surface area contributed by atoms with E-state index in [0.717, 1.165) is 11.8 Å². The molecule has 2 unspecified atom stereocenters. The standard InChI is InChI=1S/C9H12N2O2S/c1-3-4-6(2)10-8(12)7-5-14-9(13)11-7/h1,6-7H,4-5H2,2H3,(H,10,12)(H,11,13). The molecule has 4 nitrogen and oxygen atoms in total. The average Bonchev–Trinajstić information content (AvgIpc) is 2.52. The summed E-state index contributed by atoms with van der Waals surface area (Å²) in [5.41, 5.74) is 0. The third-order valence-electron chi connectivity index (χ3n) is 1.80. The van der Waals surface area contributed by atoms with Gasteiger partial charge in [0.05, 0.1) is 0 Å². The number of hydrogen-bond acceptors (Lipinski definition) is 3. The summed E-state index contributed by atoms with van der Waals surface area (Å²) in [5, 5.41) is 5.15. The van der Waals surface area contributed by atoms with Gasteiger partial charge in [-0.25, -0.2) is 0 Å². The molecule has 1 aliphatic heterocycles. The van der Waals surface area contributed by atoms with Crippen LogP contribution in [0.1, 0.15) is 13.3 Å². The highest BCUT2D eigenvalue weighted by Gasteiger charge is 2.28. The maximum atomic E-state index is 11.5. The third-order valence-corrected chi connectivity index (χ3v) is 2.68. The summed E-state index contributed by atoms with van der Waals surface area (Å²) in [4.78, 5) is 22.3. The summed E-state index contributed by atoms with van der Waals surface area (Å²) in [6.07, 6.45) is 5.61. The second kappa shape index (κ2) is 4.91. The van der Waals surface area contributed by atoms with Crippen molar-refractivity contribution in [2.75, 3.05) is 5.75 Å². The van der Waals surface area contributed by atoms with Gasteiger partial charge in [0, 0.05) is 18.2 Å². The first-order valence-corrected chi connectivity index (χ1v) is 5.29. The predicted octanol–water partition coefficient (Wildman–Crippen LogP) is 0.339. The van der Waals surface area contributed by atoms with E-state index in [4.69, 9.17) is 6.42 Å². The number of nitrogens with one attached hydrogen (secondary N) is 2. The fourth-order valence-electron chi connectivity index (χ4n) is 1.10. The number of terminal acetylenes is 1. The van der Waals surface area contributed by atoms with E-state index in [0.29, 0.717) is 12.2 Å². The number of rotatable bonds is 3. The molecule has 0 radical (unpaired) electrons. The number of hydrogen-bond donors (Lipinski definition) is 2. The van der Waals surface area contributed by atoms with Crippen LogP contribution in [0.2, 0.25) is 0 Å². The van der Waals surface area contributed by atoms with Gasteiger partial charge < -0.3 is 10.6 Å². The molecule has 1 saturated heterocycles. The van der Waals surface area contributed by atoms with Crippen LogP contribution in [0.15, 0.2) is 0 Å². The van der Waals surface area contributed by atoms with Gasteiger partial charge in [0.1, 0.15) is 6.04 Å². The molecule has 1 rings (SSSR count). The van der Waals surface area contributed by atoms with Crippen molar-refractivity contribution in [3.63, 3.8) is 0 Å². The molecule has 2 amide bonds. The van der Waals surface area contributed by atoms with E-state index in [1.165, 1.54) is 0 Å². The molecule has 0 aliphatic carbocycles. The fourth-order valence-corrected chi connectivity index (χ4v) is 1.88. The second-order valence-corrected chi connectivity index (χ2v) is 4.11. The lowest BCUT2D eigenvalue weighted by Gasteiger charge is -2.14. The van der Waals surface area contributed by atoms with E-state index in [-0.39, 0.29) is 17.2 Å². The highest BCUT2D eigenvalue weighted by Crippen LogP contribution is 2.12. The first-order chi connectivity index (χ1) is 6.63. The molecule has 0 aromatic heterocycles. The van der Waals surface area contributed by atoms with Crippen LogP contribution < -0.4 is 10.6 Å². The molecule has 0 bridgehead atoms. The van der Waals surface area contributed by atoms with Crippen molar-refractivity contribution in [3.05, 3.63) is 0 Å². The zero-order chi connectivity index (χ0) is 10.6. The van der Waals surface area contributed by atoms with Crippen LogP contribution >= 0.6 is 11.8 Å². The summed E-state index contributed by atoms with van der Waals surface area (Å²) < 4.78 is 0. The van der Waals surface area contributed by atoms with Crippen molar-refractivity contribution in [2.24, 2.45) is 0 Å². The lowest BCUT2D eigenvalue weighted by Crippen LogP contribution is -2.46. The molecule has 1 aliphatic rings. The molecule has 0 aromatic carbocycles. The number of carbonyl (C=O) groups is 2. The van der Waals surface area contributed by atoms with Crippen molar-refractivity contribution in [2.45, 2.75) is 25.4 Å². The minimum Gasteiger partial charge on any atom is -0.351 e. The number of carbonyl (C=O) groups excluding carboxylic acids is 2. The lowest BCUT2D eigenvalue weighted by molar-refractivity contribution is -0.122. The Balaban J connectivity index is 2.35. The van der Waals surface area contributed by atoms with Crippen molar-refractivity contribution in [1.82, 2.24) is 10.6 Å². The molecular weight excluding hydrogens is 200 g/mol. The van der Waals surface area contributed by atoms with Crippen molar-refractivity contribution < 1.29 is 9.59 Å². The topological polar surface area (TPSA) is 58.2 Å². The van der Waals surface area contributed by atoms with Crippen LogP contribution in [-0.4, -0.2) is 29.0 Å². The molecule has 1 heterocycles. The Morgan fingerprint density at radius 2 is 2.64 bits per heavy atom. The molecule has 0 saturated carbocycles. The van der Waals surface area contributed by atoms with Crippen molar-refractivity contribution >= 4 is 22.9 Å². The molecule has 76 valence electrons. The van der Waals surface area contributed by atoms with Gasteiger partial charge in [-0.15, -0.1) is 12.3 Å². The maximum Gasteiger partial charge on any atom is 0.279 e. The molecule has 1 fully saturated rings. The molecule has 2 N–H and O–H groups in total. The fraction of sp³-hybridized carbons (Fsp3) is 0.556. The van der Waals surface area contributed by atoms with Crippen LogP contribution in [0.5, 0.6) is 0 Å². The Morgan fingerprint density at radius 1 is 1.93 bits per heavy atom. The zero-order valence-corrected chi connectivity index (χ0v) is 8.69. The molecule has 0 aromatic rings. The van der Waals surface area contributed by atoms with Crippen LogP contribution in [-0.2, 0) is 4.79 Å². The summed E-state index contributed by atoms with van der Waals surface area (Å²) in [6.45, 7) is 1.83. The van der Waals surface area contributed by atoms with Gasteiger partial charge >= 0.3 is 0 Å². The summed E-state index contributed by atoms with van der Waals surface area (Å²) >= 11 is 1.12. The van der Waals surface area contributed by atoms with Crippen molar-refractivity contribution in [3.8, 4) is 12.3 Å². The monoisotopic (exact) mass is 212 g/mol. The van der Waals surface area contributed by atoms with E-state index in [1.54, 1.807) is 0 Å². The highest BCUT2D eigenvalue weighted by molar-refractivity contribution is 8.14. The van der Waals surface area contributed by atoms with Crippen LogP contribution in [0.4, 0.5) is 4.79 Å². The normalized spacial score (nSPS) is 22.3. The Hall–Kier alpha value is -1.15. The van der Waals surface area contributed by atoms with Crippen LogP contribution in [0, 0.1) is 12.3 Å².